The van der Waals surface area contributed by atoms with E-state index >= 15 is 0 Å². The molecule has 0 unspecified atom stereocenters. The molecule has 2 heterocycles. The highest BCUT2D eigenvalue weighted by Gasteiger charge is 2.29. The summed E-state index contributed by atoms with van der Waals surface area (Å²) in [7, 11) is 0. The van der Waals surface area contributed by atoms with Crippen LogP contribution in [-0.2, 0) is 11.3 Å². The Balaban J connectivity index is 1.30. The Kier molecular flexibility index (Phi) is 6.40. The number of hydrogen-bond acceptors (Lipinski definition) is 8. The summed E-state index contributed by atoms with van der Waals surface area (Å²) in [5.41, 5.74) is 7.28. The van der Waals surface area contributed by atoms with Crippen LogP contribution in [0.5, 0.6) is 0 Å². The van der Waals surface area contributed by atoms with Crippen molar-refractivity contribution in [1.82, 2.24) is 9.88 Å². The van der Waals surface area contributed by atoms with Crippen molar-refractivity contribution in [1.29, 1.82) is 0 Å². The molecular formula is C25H19N5O4S2. The monoisotopic (exact) mass is 517 g/mol. The van der Waals surface area contributed by atoms with Crippen LogP contribution in [-0.4, -0.2) is 38.6 Å². The zero-order valence-corrected chi connectivity index (χ0v) is 20.3. The van der Waals surface area contributed by atoms with Crippen LogP contribution in [0.15, 0.2) is 66.7 Å². The molecule has 1 aliphatic heterocycles. The van der Waals surface area contributed by atoms with Crippen LogP contribution in [0.1, 0.15) is 26.4 Å². The number of primary amides is 1. The van der Waals surface area contributed by atoms with Crippen LogP contribution in [0.4, 0.5) is 20.6 Å². The van der Waals surface area contributed by atoms with E-state index in [1.54, 1.807) is 24.3 Å². The van der Waals surface area contributed by atoms with Gasteiger partial charge in [0.05, 0.1) is 12.3 Å². The minimum absolute atomic E-state index is 0.0446. The fraction of sp³-hybridized carbons (Fsp3) is 0.0800. The highest BCUT2D eigenvalue weighted by Crippen LogP contribution is 2.32. The molecule has 0 spiro atoms. The van der Waals surface area contributed by atoms with E-state index in [9.17, 15) is 19.2 Å². The Morgan fingerprint density at radius 1 is 1.00 bits per heavy atom. The molecule has 1 fully saturated rings. The van der Waals surface area contributed by atoms with Crippen molar-refractivity contribution >= 4 is 72.7 Å². The van der Waals surface area contributed by atoms with Gasteiger partial charge in [-0.25, -0.2) is 4.98 Å². The third-order valence-corrected chi connectivity index (χ3v) is 7.23. The summed E-state index contributed by atoms with van der Waals surface area (Å²) in [5, 5.41) is 8.36. The van der Waals surface area contributed by atoms with Crippen molar-refractivity contribution in [2.75, 3.05) is 16.4 Å². The molecule has 0 saturated carbocycles. The van der Waals surface area contributed by atoms with Crippen molar-refractivity contribution in [3.05, 3.63) is 83.6 Å². The number of fused-ring (bicyclic) bond motifs is 1. The van der Waals surface area contributed by atoms with E-state index in [0.29, 0.717) is 16.3 Å². The van der Waals surface area contributed by atoms with Crippen molar-refractivity contribution in [2.45, 2.75) is 6.54 Å². The summed E-state index contributed by atoms with van der Waals surface area (Å²) in [6.45, 7) is 0.150. The Morgan fingerprint density at radius 2 is 1.75 bits per heavy atom. The van der Waals surface area contributed by atoms with E-state index in [2.05, 4.69) is 15.6 Å². The SMILES string of the molecule is NC(=O)c1nc(Nc2ccc3ccccc3c2)sc1NC(=O)c1ccc(CN2C(=O)CSC2=O)cc1. The highest BCUT2D eigenvalue weighted by atomic mass is 32.2. The molecule has 5 rings (SSSR count). The molecule has 11 heteroatoms. The zero-order chi connectivity index (χ0) is 25.2. The Labute approximate surface area is 213 Å². The van der Waals surface area contributed by atoms with Crippen LogP contribution >= 0.6 is 23.1 Å². The molecule has 0 aliphatic carbocycles. The number of nitrogens with zero attached hydrogens (tertiary/aromatic N) is 2. The van der Waals surface area contributed by atoms with E-state index in [0.717, 1.165) is 39.6 Å². The number of aromatic nitrogens is 1. The van der Waals surface area contributed by atoms with Crippen molar-refractivity contribution in [3.63, 3.8) is 0 Å². The second-order valence-electron chi connectivity index (χ2n) is 7.93. The summed E-state index contributed by atoms with van der Waals surface area (Å²) in [4.78, 5) is 53.8. The molecule has 9 nitrogen and oxygen atoms in total. The van der Waals surface area contributed by atoms with Crippen LogP contribution in [0, 0.1) is 0 Å². The molecule has 1 saturated heterocycles. The van der Waals surface area contributed by atoms with Gasteiger partial charge in [-0.2, -0.15) is 0 Å². The number of hydrogen-bond donors (Lipinski definition) is 3. The Hall–Kier alpha value is -4.22. The highest BCUT2D eigenvalue weighted by molar-refractivity contribution is 8.14. The van der Waals surface area contributed by atoms with Gasteiger partial charge in [-0.1, -0.05) is 65.6 Å². The topological polar surface area (TPSA) is 134 Å². The summed E-state index contributed by atoms with van der Waals surface area (Å²) in [5.74, 6) is -1.30. The lowest BCUT2D eigenvalue weighted by Crippen LogP contribution is -2.27. The number of carbonyl (C=O) groups is 4. The number of nitrogens with one attached hydrogen (secondary N) is 2. The molecule has 36 heavy (non-hydrogen) atoms. The molecule has 0 radical (unpaired) electrons. The predicted molar refractivity (Wildman–Crippen MR) is 141 cm³/mol. The van der Waals surface area contributed by atoms with Crippen molar-refractivity contribution < 1.29 is 19.2 Å². The molecule has 4 amide bonds. The number of thioether (sulfide) groups is 1. The summed E-state index contributed by atoms with van der Waals surface area (Å²) < 4.78 is 0. The van der Waals surface area contributed by atoms with E-state index < -0.39 is 11.8 Å². The maximum Gasteiger partial charge on any atom is 0.289 e. The first-order valence-electron chi connectivity index (χ1n) is 10.8. The van der Waals surface area contributed by atoms with Gasteiger partial charge in [0.2, 0.25) is 5.91 Å². The van der Waals surface area contributed by atoms with Crippen LogP contribution in [0.3, 0.4) is 0 Å². The minimum atomic E-state index is -0.763. The summed E-state index contributed by atoms with van der Waals surface area (Å²) >= 11 is 2.07. The van der Waals surface area contributed by atoms with Crippen molar-refractivity contribution in [2.24, 2.45) is 5.73 Å². The molecule has 4 N–H and O–H groups in total. The van der Waals surface area contributed by atoms with Crippen LogP contribution in [0.25, 0.3) is 10.8 Å². The van der Waals surface area contributed by atoms with E-state index in [4.69, 9.17) is 5.73 Å². The number of rotatable bonds is 7. The smallest absolute Gasteiger partial charge is 0.289 e. The van der Waals surface area contributed by atoms with Gasteiger partial charge in [-0.3, -0.25) is 24.1 Å². The number of amides is 4. The fourth-order valence-corrected chi connectivity index (χ4v) is 5.28. The van der Waals surface area contributed by atoms with Crippen LogP contribution in [0.2, 0.25) is 0 Å². The second-order valence-corrected chi connectivity index (χ2v) is 9.86. The number of imide groups is 1. The van der Waals surface area contributed by atoms with Gasteiger partial charge < -0.3 is 16.4 Å². The first-order valence-corrected chi connectivity index (χ1v) is 12.6. The lowest BCUT2D eigenvalue weighted by Gasteiger charge is -2.13. The van der Waals surface area contributed by atoms with Gasteiger partial charge in [0.1, 0.15) is 5.00 Å². The first-order chi connectivity index (χ1) is 17.4. The molecule has 0 atom stereocenters. The second kappa shape index (κ2) is 9.80. The van der Waals surface area contributed by atoms with Gasteiger partial charge in [0.15, 0.2) is 10.8 Å². The average Bonchev–Trinajstić information content (AvgIpc) is 3.42. The fourth-order valence-electron chi connectivity index (χ4n) is 3.67. The van der Waals surface area contributed by atoms with Gasteiger partial charge in [-0.15, -0.1) is 0 Å². The normalized spacial score (nSPS) is 13.3. The zero-order valence-electron chi connectivity index (χ0n) is 18.7. The number of anilines is 3. The molecule has 1 aliphatic rings. The number of thiazole rings is 1. The third kappa shape index (κ3) is 4.92. The molecule has 4 aromatic rings. The maximum absolute atomic E-state index is 12.8. The van der Waals surface area contributed by atoms with Gasteiger partial charge in [0.25, 0.3) is 17.1 Å². The summed E-state index contributed by atoms with van der Waals surface area (Å²) in [6, 6.07) is 20.3. The number of carbonyl (C=O) groups excluding carboxylic acids is 4. The first kappa shape index (κ1) is 23.5. The largest absolute Gasteiger partial charge is 0.364 e. The standard InChI is InChI=1S/C25H19N5O4S2/c26-21(32)20-23(36-24(28-20)27-18-10-9-15-3-1-2-4-17(15)11-18)29-22(33)16-7-5-14(6-8-16)12-30-19(31)13-35-25(30)34/h1-11H,12-13H2,(H2,26,32)(H,27,28)(H,29,33). The number of nitrogens with two attached hydrogens (primary N) is 1. The van der Waals surface area contributed by atoms with Crippen LogP contribution < -0.4 is 16.4 Å². The quantitative estimate of drug-likeness (QED) is 0.326. The van der Waals surface area contributed by atoms with E-state index in [-0.39, 0.29) is 34.1 Å². The van der Waals surface area contributed by atoms with E-state index in [1.807, 2.05) is 42.5 Å². The third-order valence-electron chi connectivity index (χ3n) is 5.49. The lowest BCUT2D eigenvalue weighted by molar-refractivity contribution is -0.125. The van der Waals surface area contributed by atoms with Crippen molar-refractivity contribution in [3.8, 4) is 0 Å². The Morgan fingerprint density at radius 3 is 2.44 bits per heavy atom. The Bertz CT molecular complexity index is 1500. The maximum atomic E-state index is 12.8. The molecule has 3 aromatic carbocycles. The van der Waals surface area contributed by atoms with Gasteiger partial charge in [-0.05, 0) is 40.6 Å². The molecular weight excluding hydrogens is 498 g/mol. The summed E-state index contributed by atoms with van der Waals surface area (Å²) in [6.07, 6.45) is 0. The molecule has 0 bridgehead atoms. The van der Waals surface area contributed by atoms with E-state index in [1.165, 1.54) is 4.90 Å². The van der Waals surface area contributed by atoms with Gasteiger partial charge in [0, 0.05) is 11.3 Å². The van der Waals surface area contributed by atoms with Gasteiger partial charge >= 0.3 is 0 Å². The minimum Gasteiger partial charge on any atom is -0.364 e. The molecule has 1 aromatic heterocycles. The molecule has 180 valence electrons. The lowest BCUT2D eigenvalue weighted by atomic mass is 10.1. The number of benzene rings is 3. The predicted octanol–water partition coefficient (Wildman–Crippen LogP) is 4.59. The average molecular weight is 518 g/mol.